The molecule has 0 spiro atoms. The van der Waals surface area contributed by atoms with Crippen molar-refractivity contribution < 1.29 is 13.9 Å². The zero-order valence-electron chi connectivity index (χ0n) is 17.0. The van der Waals surface area contributed by atoms with Crippen LogP contribution in [0.2, 0.25) is 0 Å². The van der Waals surface area contributed by atoms with Crippen molar-refractivity contribution in [1.29, 1.82) is 0 Å². The summed E-state index contributed by atoms with van der Waals surface area (Å²) in [6, 6.07) is 14.0. The molecule has 29 heavy (non-hydrogen) atoms. The Labute approximate surface area is 171 Å². The van der Waals surface area contributed by atoms with Crippen LogP contribution in [-0.2, 0) is 17.6 Å². The number of guanidine groups is 1. The van der Waals surface area contributed by atoms with Crippen molar-refractivity contribution in [2.75, 3.05) is 33.3 Å². The molecular weight excluding hydrogens is 371 g/mol. The van der Waals surface area contributed by atoms with Crippen LogP contribution in [0.5, 0.6) is 5.75 Å². The normalized spacial score (nSPS) is 11.1. The molecule has 0 atom stereocenters. The highest BCUT2D eigenvalue weighted by atomic mass is 19.1. The lowest BCUT2D eigenvalue weighted by Gasteiger charge is -2.12. The van der Waals surface area contributed by atoms with Crippen molar-refractivity contribution in [3.8, 4) is 5.75 Å². The van der Waals surface area contributed by atoms with Crippen LogP contribution in [0.3, 0.4) is 0 Å². The van der Waals surface area contributed by atoms with Gasteiger partial charge in [-0.15, -0.1) is 0 Å². The number of nitrogens with zero attached hydrogens (tertiary/aromatic N) is 1. The predicted molar refractivity (Wildman–Crippen MR) is 114 cm³/mol. The molecule has 2 aromatic rings. The Balaban J connectivity index is 1.70. The third-order valence-corrected chi connectivity index (χ3v) is 4.17. The molecule has 0 radical (unpaired) electrons. The van der Waals surface area contributed by atoms with Crippen LogP contribution in [0.25, 0.3) is 0 Å². The Kier molecular flexibility index (Phi) is 9.48. The number of ether oxygens (including phenoxy) is 1. The summed E-state index contributed by atoms with van der Waals surface area (Å²) in [4.78, 5) is 16.5. The zero-order chi connectivity index (χ0) is 20.9. The van der Waals surface area contributed by atoms with E-state index in [4.69, 9.17) is 4.74 Å². The number of nitrogens with one attached hydrogen (secondary N) is 3. The summed E-state index contributed by atoms with van der Waals surface area (Å²) in [5, 5.41) is 9.21. The number of halogens is 1. The van der Waals surface area contributed by atoms with Crippen molar-refractivity contribution in [2.24, 2.45) is 4.99 Å². The summed E-state index contributed by atoms with van der Waals surface area (Å²) in [7, 11) is 1.65. The molecule has 6 nitrogen and oxygen atoms in total. The molecule has 0 aliphatic carbocycles. The fourth-order valence-corrected chi connectivity index (χ4v) is 2.71. The van der Waals surface area contributed by atoms with Gasteiger partial charge in [0.1, 0.15) is 11.6 Å². The lowest BCUT2D eigenvalue weighted by atomic mass is 10.1. The van der Waals surface area contributed by atoms with Gasteiger partial charge in [0.15, 0.2) is 5.96 Å². The molecule has 0 aliphatic rings. The van der Waals surface area contributed by atoms with Gasteiger partial charge in [0.05, 0.1) is 13.5 Å². The van der Waals surface area contributed by atoms with Crippen molar-refractivity contribution in [3.05, 3.63) is 65.5 Å². The maximum absolute atomic E-state index is 13.2. The number of carbonyl (C=O) groups is 1. The minimum Gasteiger partial charge on any atom is -0.497 e. The number of aliphatic imine (C=N–C) groups is 1. The second kappa shape index (κ2) is 12.4. The Hall–Kier alpha value is -3.09. The van der Waals surface area contributed by atoms with E-state index in [1.54, 1.807) is 19.2 Å². The Morgan fingerprint density at radius 2 is 1.79 bits per heavy atom. The molecule has 0 aromatic heterocycles. The number of hydrogen-bond donors (Lipinski definition) is 3. The van der Waals surface area contributed by atoms with Crippen molar-refractivity contribution in [1.82, 2.24) is 16.0 Å². The second-order valence-electron chi connectivity index (χ2n) is 6.44. The summed E-state index contributed by atoms with van der Waals surface area (Å²) >= 11 is 0. The standard InChI is InChI=1S/C22H29FN4O2/c1-3-24-22(26-12-11-17-7-9-20(29-2)10-8-17)27-14-13-25-21(28)16-18-5-4-6-19(23)15-18/h4-10,15H,3,11-14,16H2,1-2H3,(H,25,28)(H2,24,26,27). The number of hydrogen-bond acceptors (Lipinski definition) is 3. The van der Waals surface area contributed by atoms with E-state index in [1.165, 1.54) is 17.7 Å². The van der Waals surface area contributed by atoms with Crippen LogP contribution in [-0.4, -0.2) is 45.2 Å². The van der Waals surface area contributed by atoms with Gasteiger partial charge < -0.3 is 20.7 Å². The van der Waals surface area contributed by atoms with Gasteiger partial charge in [0, 0.05) is 26.2 Å². The highest BCUT2D eigenvalue weighted by molar-refractivity contribution is 5.80. The first-order valence-corrected chi connectivity index (χ1v) is 9.77. The molecule has 3 N–H and O–H groups in total. The molecule has 0 fully saturated rings. The summed E-state index contributed by atoms with van der Waals surface area (Å²) in [5.74, 6) is 1.07. The van der Waals surface area contributed by atoms with E-state index in [9.17, 15) is 9.18 Å². The number of rotatable bonds is 10. The SMILES string of the molecule is CCNC(=NCCc1ccc(OC)cc1)NCCNC(=O)Cc1cccc(F)c1. The number of benzene rings is 2. The van der Waals surface area contributed by atoms with Crippen molar-refractivity contribution in [2.45, 2.75) is 19.8 Å². The summed E-state index contributed by atoms with van der Waals surface area (Å²) in [6.45, 7) is 4.40. The third-order valence-electron chi connectivity index (χ3n) is 4.17. The van der Waals surface area contributed by atoms with E-state index >= 15 is 0 Å². The molecule has 0 bridgehead atoms. The minimum atomic E-state index is -0.335. The van der Waals surface area contributed by atoms with Crippen LogP contribution >= 0.6 is 0 Å². The Morgan fingerprint density at radius 3 is 2.48 bits per heavy atom. The maximum Gasteiger partial charge on any atom is 0.224 e. The quantitative estimate of drug-likeness (QED) is 0.325. The fraction of sp³-hybridized carbons (Fsp3) is 0.364. The van der Waals surface area contributed by atoms with Gasteiger partial charge >= 0.3 is 0 Å². The van der Waals surface area contributed by atoms with Gasteiger partial charge in [-0.2, -0.15) is 0 Å². The molecule has 2 rings (SSSR count). The molecule has 156 valence electrons. The molecule has 1 amide bonds. The lowest BCUT2D eigenvalue weighted by molar-refractivity contribution is -0.120. The van der Waals surface area contributed by atoms with Crippen LogP contribution in [0.4, 0.5) is 4.39 Å². The molecular formula is C22H29FN4O2. The molecule has 0 saturated carbocycles. The van der Waals surface area contributed by atoms with E-state index in [0.29, 0.717) is 31.2 Å². The number of amides is 1. The summed E-state index contributed by atoms with van der Waals surface area (Å²) in [6.07, 6.45) is 0.985. The summed E-state index contributed by atoms with van der Waals surface area (Å²) in [5.41, 5.74) is 1.85. The first kappa shape index (κ1) is 22.2. The van der Waals surface area contributed by atoms with E-state index in [0.717, 1.165) is 18.7 Å². The minimum absolute atomic E-state index is 0.140. The molecule has 0 unspecified atom stereocenters. The molecule has 0 aliphatic heterocycles. The van der Waals surface area contributed by atoms with Gasteiger partial charge in [0.25, 0.3) is 0 Å². The van der Waals surface area contributed by atoms with Crippen LogP contribution in [0.1, 0.15) is 18.1 Å². The van der Waals surface area contributed by atoms with Gasteiger partial charge in [-0.3, -0.25) is 9.79 Å². The Morgan fingerprint density at radius 1 is 1.03 bits per heavy atom. The smallest absolute Gasteiger partial charge is 0.224 e. The number of carbonyl (C=O) groups excluding carboxylic acids is 1. The number of methoxy groups -OCH3 is 1. The van der Waals surface area contributed by atoms with E-state index < -0.39 is 0 Å². The average molecular weight is 400 g/mol. The van der Waals surface area contributed by atoms with Gasteiger partial charge in [0.2, 0.25) is 5.91 Å². The van der Waals surface area contributed by atoms with Gasteiger partial charge in [-0.1, -0.05) is 24.3 Å². The highest BCUT2D eigenvalue weighted by Crippen LogP contribution is 2.11. The first-order valence-electron chi connectivity index (χ1n) is 9.77. The van der Waals surface area contributed by atoms with E-state index in [2.05, 4.69) is 20.9 Å². The second-order valence-corrected chi connectivity index (χ2v) is 6.44. The molecule has 2 aromatic carbocycles. The topological polar surface area (TPSA) is 74.8 Å². The zero-order valence-corrected chi connectivity index (χ0v) is 17.0. The van der Waals surface area contributed by atoms with Crippen LogP contribution in [0.15, 0.2) is 53.5 Å². The Bertz CT molecular complexity index is 794. The molecule has 7 heteroatoms. The fourth-order valence-electron chi connectivity index (χ4n) is 2.71. The average Bonchev–Trinajstić information content (AvgIpc) is 2.71. The van der Waals surface area contributed by atoms with E-state index in [1.807, 2.05) is 31.2 Å². The first-order chi connectivity index (χ1) is 14.1. The van der Waals surface area contributed by atoms with Crippen LogP contribution < -0.4 is 20.7 Å². The lowest BCUT2D eigenvalue weighted by Crippen LogP contribution is -2.41. The summed E-state index contributed by atoms with van der Waals surface area (Å²) < 4.78 is 18.3. The van der Waals surface area contributed by atoms with Crippen LogP contribution in [0, 0.1) is 5.82 Å². The van der Waals surface area contributed by atoms with Gasteiger partial charge in [-0.05, 0) is 48.7 Å². The monoisotopic (exact) mass is 400 g/mol. The molecule has 0 saturated heterocycles. The predicted octanol–water partition coefficient (Wildman–Crippen LogP) is 2.29. The highest BCUT2D eigenvalue weighted by Gasteiger charge is 2.04. The van der Waals surface area contributed by atoms with E-state index in [-0.39, 0.29) is 18.1 Å². The third kappa shape index (κ3) is 8.64. The van der Waals surface area contributed by atoms with Crippen molar-refractivity contribution in [3.63, 3.8) is 0 Å². The largest absolute Gasteiger partial charge is 0.497 e. The van der Waals surface area contributed by atoms with Crippen molar-refractivity contribution >= 4 is 11.9 Å². The maximum atomic E-state index is 13.2. The molecule has 0 heterocycles. The van der Waals surface area contributed by atoms with Gasteiger partial charge in [-0.25, -0.2) is 4.39 Å².